The highest BCUT2D eigenvalue weighted by molar-refractivity contribution is 5.83. The molecule has 0 saturated heterocycles. The molecule has 0 aliphatic heterocycles. The maximum absolute atomic E-state index is 12.2. The van der Waals surface area contributed by atoms with Crippen LogP contribution in [0.3, 0.4) is 0 Å². The van der Waals surface area contributed by atoms with Crippen LogP contribution < -0.4 is 10.9 Å². The lowest BCUT2D eigenvalue weighted by molar-refractivity contribution is -0.121. The minimum Gasteiger partial charge on any atom is -0.354 e. The van der Waals surface area contributed by atoms with E-state index < -0.39 is 0 Å². The van der Waals surface area contributed by atoms with E-state index in [0.717, 1.165) is 28.5 Å². The number of rotatable bonds is 5. The Balaban J connectivity index is 2.20. The second-order valence-corrected chi connectivity index (χ2v) is 6.04. The zero-order chi connectivity index (χ0) is 16.3. The van der Waals surface area contributed by atoms with Gasteiger partial charge in [-0.2, -0.15) is 0 Å². The van der Waals surface area contributed by atoms with Crippen molar-refractivity contribution in [3.8, 4) is 0 Å². The maximum Gasteiger partial charge on any atom is 0.251 e. The highest BCUT2D eigenvalue weighted by Gasteiger charge is 2.09. The smallest absolute Gasteiger partial charge is 0.251 e. The SMILES string of the molecule is CCC(C)NC(=O)CCc1cc2c(C)cc(C)cc2[nH]c1=O. The topological polar surface area (TPSA) is 62.0 Å². The molecule has 0 fully saturated rings. The van der Waals surface area contributed by atoms with E-state index in [0.29, 0.717) is 18.4 Å². The zero-order valence-corrected chi connectivity index (χ0v) is 13.7. The van der Waals surface area contributed by atoms with Crippen LogP contribution in [-0.4, -0.2) is 16.9 Å². The first kappa shape index (κ1) is 16.3. The van der Waals surface area contributed by atoms with Crippen molar-refractivity contribution in [3.63, 3.8) is 0 Å². The van der Waals surface area contributed by atoms with E-state index in [1.807, 2.05) is 39.8 Å². The monoisotopic (exact) mass is 300 g/mol. The lowest BCUT2D eigenvalue weighted by Crippen LogP contribution is -2.32. The van der Waals surface area contributed by atoms with Crippen LogP contribution in [0.5, 0.6) is 0 Å². The Hall–Kier alpha value is -2.10. The van der Waals surface area contributed by atoms with E-state index in [2.05, 4.69) is 16.4 Å². The Kier molecular flexibility index (Phi) is 5.01. The minimum absolute atomic E-state index is 0.00512. The number of nitrogens with one attached hydrogen (secondary N) is 2. The van der Waals surface area contributed by atoms with Crippen molar-refractivity contribution in [1.29, 1.82) is 0 Å². The van der Waals surface area contributed by atoms with Crippen LogP contribution in [0.4, 0.5) is 0 Å². The van der Waals surface area contributed by atoms with Gasteiger partial charge in [-0.1, -0.05) is 13.0 Å². The van der Waals surface area contributed by atoms with Gasteiger partial charge in [0.25, 0.3) is 5.56 Å². The van der Waals surface area contributed by atoms with Gasteiger partial charge >= 0.3 is 0 Å². The first-order chi connectivity index (χ1) is 10.4. The number of amides is 1. The van der Waals surface area contributed by atoms with Crippen LogP contribution in [0.15, 0.2) is 23.0 Å². The van der Waals surface area contributed by atoms with Gasteiger partial charge in [-0.25, -0.2) is 0 Å². The molecule has 1 aromatic heterocycles. The van der Waals surface area contributed by atoms with Crippen molar-refractivity contribution in [3.05, 3.63) is 45.2 Å². The molecule has 0 bridgehead atoms. The van der Waals surface area contributed by atoms with E-state index in [1.54, 1.807) is 0 Å². The number of pyridine rings is 1. The zero-order valence-electron chi connectivity index (χ0n) is 13.7. The van der Waals surface area contributed by atoms with Gasteiger partial charge < -0.3 is 10.3 Å². The molecule has 1 heterocycles. The lowest BCUT2D eigenvalue weighted by atomic mass is 10.0. The Labute approximate surface area is 130 Å². The predicted octanol–water partition coefficient (Wildman–Crippen LogP) is 2.99. The molecule has 0 saturated carbocycles. The Bertz CT molecular complexity index is 747. The molecule has 0 radical (unpaired) electrons. The number of hydrogen-bond donors (Lipinski definition) is 2. The van der Waals surface area contributed by atoms with Crippen LogP contribution in [0.25, 0.3) is 10.9 Å². The summed E-state index contributed by atoms with van der Waals surface area (Å²) >= 11 is 0. The molecule has 1 amide bonds. The molecule has 4 nitrogen and oxygen atoms in total. The van der Waals surface area contributed by atoms with E-state index >= 15 is 0 Å². The van der Waals surface area contributed by atoms with Gasteiger partial charge in [0.1, 0.15) is 0 Å². The molecular weight excluding hydrogens is 276 g/mol. The second kappa shape index (κ2) is 6.77. The van der Waals surface area contributed by atoms with Gasteiger partial charge in [0.05, 0.1) is 0 Å². The van der Waals surface area contributed by atoms with Gasteiger partial charge in [-0.3, -0.25) is 9.59 Å². The highest BCUT2D eigenvalue weighted by Crippen LogP contribution is 2.18. The summed E-state index contributed by atoms with van der Waals surface area (Å²) in [6.45, 7) is 8.06. The molecule has 4 heteroatoms. The van der Waals surface area contributed by atoms with Crippen molar-refractivity contribution in [2.75, 3.05) is 0 Å². The molecule has 118 valence electrons. The third-order valence-corrected chi connectivity index (χ3v) is 4.03. The standard InChI is InChI=1S/C18H24N2O2/c1-5-13(4)19-17(21)7-6-14-10-15-12(3)8-11(2)9-16(15)20-18(14)22/h8-10,13H,5-7H2,1-4H3,(H,19,21)(H,20,22). The first-order valence-corrected chi connectivity index (χ1v) is 7.83. The van der Waals surface area contributed by atoms with Crippen molar-refractivity contribution in [2.45, 2.75) is 53.0 Å². The fourth-order valence-corrected chi connectivity index (χ4v) is 2.60. The molecule has 1 unspecified atom stereocenters. The second-order valence-electron chi connectivity index (χ2n) is 6.04. The fourth-order valence-electron chi connectivity index (χ4n) is 2.60. The normalized spacial score (nSPS) is 12.4. The van der Waals surface area contributed by atoms with Crippen molar-refractivity contribution in [2.24, 2.45) is 0 Å². The third-order valence-electron chi connectivity index (χ3n) is 4.03. The molecule has 0 aliphatic rings. The Morgan fingerprint density at radius 2 is 2.00 bits per heavy atom. The lowest BCUT2D eigenvalue weighted by Gasteiger charge is -2.11. The van der Waals surface area contributed by atoms with Crippen LogP contribution in [0.2, 0.25) is 0 Å². The van der Waals surface area contributed by atoms with Crippen molar-refractivity contribution in [1.82, 2.24) is 10.3 Å². The summed E-state index contributed by atoms with van der Waals surface area (Å²) in [5.41, 5.74) is 3.68. The predicted molar refractivity (Wildman–Crippen MR) is 90.3 cm³/mol. The number of aromatic nitrogens is 1. The highest BCUT2D eigenvalue weighted by atomic mass is 16.1. The molecule has 0 spiro atoms. The van der Waals surface area contributed by atoms with Crippen LogP contribution in [-0.2, 0) is 11.2 Å². The van der Waals surface area contributed by atoms with Gasteiger partial charge in [0.2, 0.25) is 5.91 Å². The summed E-state index contributed by atoms with van der Waals surface area (Å²) in [6, 6.07) is 6.16. The summed E-state index contributed by atoms with van der Waals surface area (Å²) in [7, 11) is 0. The number of aryl methyl sites for hydroxylation is 3. The number of fused-ring (bicyclic) bond motifs is 1. The summed E-state index contributed by atoms with van der Waals surface area (Å²) in [5.74, 6) is -0.00512. The summed E-state index contributed by atoms with van der Waals surface area (Å²) in [4.78, 5) is 26.9. The van der Waals surface area contributed by atoms with Crippen molar-refractivity contribution < 1.29 is 4.79 Å². The molecule has 2 N–H and O–H groups in total. The Morgan fingerprint density at radius 3 is 2.68 bits per heavy atom. The van der Waals surface area contributed by atoms with Crippen LogP contribution >= 0.6 is 0 Å². The summed E-state index contributed by atoms with van der Waals surface area (Å²) in [6.07, 6.45) is 1.70. The molecule has 0 aliphatic carbocycles. The quantitative estimate of drug-likeness (QED) is 0.891. The first-order valence-electron chi connectivity index (χ1n) is 7.83. The molecule has 2 rings (SSSR count). The van der Waals surface area contributed by atoms with Gasteiger partial charge in [0.15, 0.2) is 0 Å². The van der Waals surface area contributed by atoms with E-state index in [9.17, 15) is 9.59 Å². The minimum atomic E-state index is -0.103. The van der Waals surface area contributed by atoms with Crippen LogP contribution in [0, 0.1) is 13.8 Å². The third kappa shape index (κ3) is 3.75. The molecule has 1 aromatic carbocycles. The maximum atomic E-state index is 12.2. The summed E-state index contributed by atoms with van der Waals surface area (Å²) in [5, 5.41) is 3.97. The number of H-pyrrole nitrogens is 1. The van der Waals surface area contributed by atoms with Crippen molar-refractivity contribution >= 4 is 16.8 Å². The van der Waals surface area contributed by atoms with Gasteiger partial charge in [-0.05, 0) is 56.9 Å². The van der Waals surface area contributed by atoms with E-state index in [-0.39, 0.29) is 17.5 Å². The average Bonchev–Trinajstić information content (AvgIpc) is 2.45. The largest absolute Gasteiger partial charge is 0.354 e. The molecular formula is C18H24N2O2. The number of carbonyl (C=O) groups excluding carboxylic acids is 1. The molecule has 22 heavy (non-hydrogen) atoms. The number of hydrogen-bond acceptors (Lipinski definition) is 2. The van der Waals surface area contributed by atoms with Gasteiger partial charge in [0, 0.05) is 28.9 Å². The number of aromatic amines is 1. The summed E-state index contributed by atoms with van der Waals surface area (Å²) < 4.78 is 0. The Morgan fingerprint density at radius 1 is 1.27 bits per heavy atom. The number of carbonyl (C=O) groups is 1. The molecule has 2 aromatic rings. The van der Waals surface area contributed by atoms with Crippen LogP contribution in [0.1, 0.15) is 43.4 Å². The fraction of sp³-hybridized carbons (Fsp3) is 0.444. The molecule has 1 atom stereocenters. The van der Waals surface area contributed by atoms with Gasteiger partial charge in [-0.15, -0.1) is 0 Å². The number of benzene rings is 1. The van der Waals surface area contributed by atoms with E-state index in [1.165, 1.54) is 0 Å². The van der Waals surface area contributed by atoms with E-state index in [4.69, 9.17) is 0 Å². The average molecular weight is 300 g/mol.